The van der Waals surface area contributed by atoms with Crippen molar-refractivity contribution in [2.45, 2.75) is 18.2 Å². The average molecular weight is 259 g/mol. The van der Waals surface area contributed by atoms with Crippen molar-refractivity contribution in [1.82, 2.24) is 0 Å². The highest BCUT2D eigenvalue weighted by molar-refractivity contribution is 7.99. The van der Waals surface area contributed by atoms with E-state index in [4.69, 9.17) is 15.2 Å². The number of nitrogens with two attached hydrogens (primary N) is 1. The van der Waals surface area contributed by atoms with Crippen LogP contribution in [0.25, 0.3) is 0 Å². The quantitative estimate of drug-likeness (QED) is 0.797. The maximum absolute atomic E-state index is 14.2. The molecule has 0 aromatic heterocycles. The molecule has 5 heteroatoms. The summed E-state index contributed by atoms with van der Waals surface area (Å²) >= 11 is 1.40. The zero-order valence-corrected chi connectivity index (χ0v) is 11.2. The van der Waals surface area contributed by atoms with Crippen molar-refractivity contribution < 1.29 is 13.9 Å². The van der Waals surface area contributed by atoms with Gasteiger partial charge in [0, 0.05) is 5.56 Å². The van der Waals surface area contributed by atoms with Crippen molar-refractivity contribution in [1.29, 1.82) is 0 Å². The van der Waals surface area contributed by atoms with Crippen LogP contribution >= 0.6 is 11.8 Å². The first kappa shape index (κ1) is 14.1. The number of ether oxygens (including phenoxy) is 2. The number of hydrogen-bond acceptors (Lipinski definition) is 4. The van der Waals surface area contributed by atoms with Crippen LogP contribution in [0, 0.1) is 5.82 Å². The second-order valence-corrected chi connectivity index (χ2v) is 4.66. The summed E-state index contributed by atoms with van der Waals surface area (Å²) in [5.74, 6) is 1.22. The first-order valence-electron chi connectivity index (χ1n) is 5.45. The summed E-state index contributed by atoms with van der Waals surface area (Å²) in [6.07, 6.45) is 0.563. The van der Waals surface area contributed by atoms with E-state index < -0.39 is 0 Å². The van der Waals surface area contributed by atoms with Crippen molar-refractivity contribution in [2.24, 2.45) is 5.73 Å². The molecule has 0 unspecified atom stereocenters. The van der Waals surface area contributed by atoms with Gasteiger partial charge in [-0.3, -0.25) is 0 Å². The summed E-state index contributed by atoms with van der Waals surface area (Å²) < 4.78 is 24.5. The SMILES string of the molecule is CCSc1c(OC)cc(CCN)c(OC)c1F. The second kappa shape index (κ2) is 6.71. The number of hydrogen-bond donors (Lipinski definition) is 1. The molecule has 0 radical (unpaired) electrons. The van der Waals surface area contributed by atoms with Gasteiger partial charge in [-0.25, -0.2) is 4.39 Å². The van der Waals surface area contributed by atoms with Gasteiger partial charge >= 0.3 is 0 Å². The van der Waals surface area contributed by atoms with E-state index in [9.17, 15) is 4.39 Å². The number of thioether (sulfide) groups is 1. The van der Waals surface area contributed by atoms with Crippen LogP contribution in [0.1, 0.15) is 12.5 Å². The largest absolute Gasteiger partial charge is 0.495 e. The zero-order chi connectivity index (χ0) is 12.8. The highest BCUT2D eigenvalue weighted by atomic mass is 32.2. The first-order valence-corrected chi connectivity index (χ1v) is 6.44. The molecule has 0 fully saturated rings. The van der Waals surface area contributed by atoms with Crippen molar-refractivity contribution in [2.75, 3.05) is 26.5 Å². The summed E-state index contributed by atoms with van der Waals surface area (Å²) in [7, 11) is 3.00. The van der Waals surface area contributed by atoms with Gasteiger partial charge in [0.25, 0.3) is 0 Å². The van der Waals surface area contributed by atoms with Gasteiger partial charge < -0.3 is 15.2 Å². The minimum absolute atomic E-state index is 0.271. The van der Waals surface area contributed by atoms with E-state index in [0.717, 1.165) is 11.3 Å². The second-order valence-electron chi connectivity index (χ2n) is 3.39. The molecule has 2 N–H and O–H groups in total. The Hall–Kier alpha value is -0.940. The Balaban J connectivity index is 3.32. The number of halogens is 1. The number of benzene rings is 1. The van der Waals surface area contributed by atoms with Gasteiger partial charge in [-0.2, -0.15) is 0 Å². The Morgan fingerprint density at radius 3 is 2.53 bits per heavy atom. The molecule has 0 atom stereocenters. The van der Waals surface area contributed by atoms with Crippen molar-refractivity contribution in [3.63, 3.8) is 0 Å². The molecular formula is C12H18FNO2S. The predicted molar refractivity (Wildman–Crippen MR) is 68.7 cm³/mol. The Morgan fingerprint density at radius 1 is 1.35 bits per heavy atom. The van der Waals surface area contributed by atoms with Crippen LogP contribution < -0.4 is 15.2 Å². The first-order chi connectivity index (χ1) is 8.19. The molecule has 0 aliphatic carbocycles. The third-order valence-electron chi connectivity index (χ3n) is 2.35. The van der Waals surface area contributed by atoms with Gasteiger partial charge in [0.15, 0.2) is 11.6 Å². The van der Waals surface area contributed by atoms with E-state index in [1.54, 1.807) is 6.07 Å². The monoisotopic (exact) mass is 259 g/mol. The molecule has 0 saturated carbocycles. The third-order valence-corrected chi connectivity index (χ3v) is 3.30. The molecule has 0 amide bonds. The summed E-state index contributed by atoms with van der Waals surface area (Å²) in [6.45, 7) is 2.41. The molecule has 3 nitrogen and oxygen atoms in total. The lowest BCUT2D eigenvalue weighted by Gasteiger charge is -2.15. The number of methoxy groups -OCH3 is 2. The minimum atomic E-state index is -0.359. The predicted octanol–water partition coefficient (Wildman–Crippen LogP) is 2.46. The fourth-order valence-electron chi connectivity index (χ4n) is 1.63. The topological polar surface area (TPSA) is 44.5 Å². The lowest BCUT2D eigenvalue weighted by atomic mass is 10.1. The van der Waals surface area contributed by atoms with E-state index in [2.05, 4.69) is 0 Å². The van der Waals surface area contributed by atoms with E-state index in [-0.39, 0.29) is 11.6 Å². The smallest absolute Gasteiger partial charge is 0.182 e. The van der Waals surface area contributed by atoms with Gasteiger partial charge in [0.05, 0.1) is 19.1 Å². The molecule has 1 aromatic rings. The highest BCUT2D eigenvalue weighted by Gasteiger charge is 2.19. The fraction of sp³-hybridized carbons (Fsp3) is 0.500. The van der Waals surface area contributed by atoms with Crippen LogP contribution in [0.5, 0.6) is 11.5 Å². The molecule has 96 valence electrons. The van der Waals surface area contributed by atoms with E-state index in [0.29, 0.717) is 23.6 Å². The molecule has 0 saturated heterocycles. The lowest BCUT2D eigenvalue weighted by Crippen LogP contribution is -2.07. The van der Waals surface area contributed by atoms with Gasteiger partial charge in [-0.05, 0) is 24.8 Å². The molecular weight excluding hydrogens is 241 g/mol. The van der Waals surface area contributed by atoms with Crippen LogP contribution in [-0.4, -0.2) is 26.5 Å². The molecule has 0 spiro atoms. The van der Waals surface area contributed by atoms with Gasteiger partial charge in [0.1, 0.15) is 5.75 Å². The van der Waals surface area contributed by atoms with E-state index in [1.807, 2.05) is 6.92 Å². The summed E-state index contributed by atoms with van der Waals surface area (Å²) in [5.41, 5.74) is 6.24. The number of rotatable bonds is 6. The molecule has 1 aromatic carbocycles. The Labute approximate surface area is 105 Å². The van der Waals surface area contributed by atoms with Gasteiger partial charge in [0.2, 0.25) is 0 Å². The van der Waals surface area contributed by atoms with Crippen molar-refractivity contribution in [3.8, 4) is 11.5 Å². The molecule has 1 rings (SSSR count). The standard InChI is InChI=1S/C12H18FNO2S/c1-4-17-12-9(15-2)7-8(5-6-14)11(16-3)10(12)13/h7H,4-6,14H2,1-3H3. The minimum Gasteiger partial charge on any atom is -0.495 e. The van der Waals surface area contributed by atoms with Gasteiger partial charge in [-0.15, -0.1) is 11.8 Å². The zero-order valence-electron chi connectivity index (χ0n) is 10.4. The van der Waals surface area contributed by atoms with Crippen LogP contribution in [0.2, 0.25) is 0 Å². The molecule has 0 heterocycles. The summed E-state index contributed by atoms with van der Waals surface area (Å²) in [4.78, 5) is 0.493. The average Bonchev–Trinajstić information content (AvgIpc) is 2.33. The lowest BCUT2D eigenvalue weighted by molar-refractivity contribution is 0.360. The summed E-state index contributed by atoms with van der Waals surface area (Å²) in [6, 6.07) is 1.80. The normalized spacial score (nSPS) is 10.4. The highest BCUT2D eigenvalue weighted by Crippen LogP contribution is 2.39. The Kier molecular flexibility index (Phi) is 5.58. The fourth-order valence-corrected chi connectivity index (χ4v) is 2.43. The molecule has 17 heavy (non-hydrogen) atoms. The molecule has 0 bridgehead atoms. The van der Waals surface area contributed by atoms with Crippen LogP contribution in [-0.2, 0) is 6.42 Å². The van der Waals surface area contributed by atoms with Crippen LogP contribution in [0.4, 0.5) is 4.39 Å². The maximum Gasteiger partial charge on any atom is 0.182 e. The maximum atomic E-state index is 14.2. The van der Waals surface area contributed by atoms with Crippen molar-refractivity contribution in [3.05, 3.63) is 17.4 Å². The molecule has 0 aliphatic heterocycles. The van der Waals surface area contributed by atoms with Crippen LogP contribution in [0.3, 0.4) is 0 Å². The van der Waals surface area contributed by atoms with E-state index in [1.165, 1.54) is 26.0 Å². The Morgan fingerprint density at radius 2 is 2.06 bits per heavy atom. The summed E-state index contributed by atoms with van der Waals surface area (Å²) in [5, 5.41) is 0. The third kappa shape index (κ3) is 3.04. The van der Waals surface area contributed by atoms with Crippen molar-refractivity contribution >= 4 is 11.8 Å². The van der Waals surface area contributed by atoms with Crippen LogP contribution in [0.15, 0.2) is 11.0 Å². The molecule has 0 aliphatic rings. The Bertz CT molecular complexity index is 385. The van der Waals surface area contributed by atoms with E-state index >= 15 is 0 Å². The van der Waals surface area contributed by atoms with Gasteiger partial charge in [-0.1, -0.05) is 6.92 Å².